The zero-order valence-corrected chi connectivity index (χ0v) is 15.0. The third-order valence-electron chi connectivity index (χ3n) is 4.37. The van der Waals surface area contributed by atoms with Gasteiger partial charge in [0.15, 0.2) is 17.1 Å². The van der Waals surface area contributed by atoms with Crippen LogP contribution in [0.2, 0.25) is 0 Å². The molecule has 1 aromatic carbocycles. The smallest absolute Gasteiger partial charge is 0.290 e. The molecule has 3 heterocycles. The number of Topliss-reactive ketones (excluding diaryl/α,β-unsaturated/α-hetero) is 1. The summed E-state index contributed by atoms with van der Waals surface area (Å²) in [4.78, 5) is 38.8. The van der Waals surface area contributed by atoms with Crippen LogP contribution < -0.4 is 0 Å². The molecule has 1 amide bonds. The topological polar surface area (TPSA) is 105 Å². The summed E-state index contributed by atoms with van der Waals surface area (Å²) in [7, 11) is 0. The molecule has 0 bridgehead atoms. The predicted molar refractivity (Wildman–Crippen MR) is 97.6 cm³/mol. The van der Waals surface area contributed by atoms with Crippen LogP contribution in [0.1, 0.15) is 34.2 Å². The normalized spacial score (nSPS) is 12.7. The molecule has 28 heavy (non-hydrogen) atoms. The van der Waals surface area contributed by atoms with Crippen molar-refractivity contribution in [2.45, 2.75) is 13.3 Å². The molecule has 1 aliphatic rings. The monoisotopic (exact) mass is 384 g/mol. The minimum absolute atomic E-state index is 0.141. The standard InChI is InChI=1S/C18H15FN4O2.CH2O2/c1-11(24)12-5-6-14(19)13(10-12)17-16(18(25)22-8-3-9-22)21-15-4-2-7-20-23(15)17;2-1-3/h2,4-7,10H,3,8-9H2,1H3;1H,(H,2,3). The molecule has 2 aromatic heterocycles. The van der Waals surface area contributed by atoms with Crippen LogP contribution in [0.5, 0.6) is 0 Å². The van der Waals surface area contributed by atoms with Gasteiger partial charge in [0.05, 0.1) is 0 Å². The number of imidazole rings is 1. The lowest BCUT2D eigenvalue weighted by Gasteiger charge is -2.30. The second-order valence-corrected chi connectivity index (χ2v) is 6.10. The molecule has 0 aliphatic carbocycles. The highest BCUT2D eigenvalue weighted by Gasteiger charge is 2.29. The van der Waals surface area contributed by atoms with Gasteiger partial charge >= 0.3 is 0 Å². The highest BCUT2D eigenvalue weighted by Crippen LogP contribution is 2.29. The molecule has 3 aromatic rings. The van der Waals surface area contributed by atoms with Gasteiger partial charge in [-0.15, -0.1) is 0 Å². The number of rotatable bonds is 3. The first-order valence-electron chi connectivity index (χ1n) is 8.49. The van der Waals surface area contributed by atoms with Gasteiger partial charge in [-0.3, -0.25) is 14.4 Å². The SMILES string of the molecule is CC(=O)c1ccc(F)c(-c2c(C(=O)N3CCC3)nc3cccnn23)c1.O=CO. The summed E-state index contributed by atoms with van der Waals surface area (Å²) in [5.74, 6) is -0.965. The Balaban J connectivity index is 0.000000706. The number of likely N-dealkylation sites (tertiary alicyclic amines) is 1. The number of carboxylic acid groups (broad SMARTS) is 1. The van der Waals surface area contributed by atoms with Crippen LogP contribution in [-0.2, 0) is 4.79 Å². The molecule has 1 aliphatic heterocycles. The van der Waals surface area contributed by atoms with Crippen molar-refractivity contribution in [3.63, 3.8) is 0 Å². The van der Waals surface area contributed by atoms with Crippen LogP contribution >= 0.6 is 0 Å². The van der Waals surface area contributed by atoms with Crippen LogP contribution in [0.4, 0.5) is 4.39 Å². The summed E-state index contributed by atoms with van der Waals surface area (Å²) in [6.07, 6.45) is 2.49. The van der Waals surface area contributed by atoms with Crippen molar-refractivity contribution in [1.82, 2.24) is 19.5 Å². The first-order valence-corrected chi connectivity index (χ1v) is 8.49. The molecule has 0 atom stereocenters. The molecule has 8 nitrogen and oxygen atoms in total. The third-order valence-corrected chi connectivity index (χ3v) is 4.37. The predicted octanol–water partition coefficient (Wildman–Crippen LogP) is 2.28. The first kappa shape index (κ1) is 19.2. The van der Waals surface area contributed by atoms with Crippen LogP contribution in [0.15, 0.2) is 36.5 Å². The van der Waals surface area contributed by atoms with E-state index in [9.17, 15) is 14.0 Å². The quantitative estimate of drug-likeness (QED) is 0.549. The van der Waals surface area contributed by atoms with Crippen molar-refractivity contribution < 1.29 is 23.9 Å². The van der Waals surface area contributed by atoms with E-state index in [0.717, 1.165) is 6.42 Å². The average molecular weight is 384 g/mol. The molecule has 144 valence electrons. The van der Waals surface area contributed by atoms with Crippen molar-refractivity contribution in [2.24, 2.45) is 0 Å². The minimum Gasteiger partial charge on any atom is -0.483 e. The Morgan fingerprint density at radius 1 is 1.25 bits per heavy atom. The van der Waals surface area contributed by atoms with E-state index in [1.165, 1.54) is 29.6 Å². The molecule has 9 heteroatoms. The Morgan fingerprint density at radius 3 is 2.57 bits per heavy atom. The lowest BCUT2D eigenvalue weighted by molar-refractivity contribution is -0.122. The Hall–Kier alpha value is -3.62. The van der Waals surface area contributed by atoms with Gasteiger partial charge < -0.3 is 10.0 Å². The highest BCUT2D eigenvalue weighted by atomic mass is 19.1. The fraction of sp³-hybridized carbons (Fsp3) is 0.211. The van der Waals surface area contributed by atoms with E-state index >= 15 is 0 Å². The summed E-state index contributed by atoms with van der Waals surface area (Å²) < 4.78 is 16.0. The lowest BCUT2D eigenvalue weighted by atomic mass is 10.0. The number of amides is 1. The fourth-order valence-corrected chi connectivity index (χ4v) is 2.87. The van der Waals surface area contributed by atoms with E-state index in [2.05, 4.69) is 10.1 Å². The molecule has 1 fully saturated rings. The van der Waals surface area contributed by atoms with Gasteiger partial charge in [0.2, 0.25) is 0 Å². The Morgan fingerprint density at radius 2 is 1.96 bits per heavy atom. The number of fused-ring (bicyclic) bond motifs is 1. The van der Waals surface area contributed by atoms with Gasteiger partial charge in [0, 0.05) is 30.4 Å². The van der Waals surface area contributed by atoms with E-state index in [4.69, 9.17) is 9.90 Å². The number of ketones is 1. The number of hydrogen-bond donors (Lipinski definition) is 1. The molecule has 0 spiro atoms. The van der Waals surface area contributed by atoms with Gasteiger partial charge in [-0.05, 0) is 43.7 Å². The number of carbonyl (C=O) groups excluding carboxylic acids is 2. The first-order chi connectivity index (χ1) is 13.5. The molecule has 0 saturated carbocycles. The second-order valence-electron chi connectivity index (χ2n) is 6.10. The molecule has 1 saturated heterocycles. The minimum atomic E-state index is -0.532. The van der Waals surface area contributed by atoms with Gasteiger partial charge in [0.1, 0.15) is 11.5 Å². The number of hydrogen-bond acceptors (Lipinski definition) is 5. The zero-order chi connectivity index (χ0) is 20.3. The van der Waals surface area contributed by atoms with Gasteiger partial charge in [0.25, 0.3) is 12.4 Å². The van der Waals surface area contributed by atoms with Crippen molar-refractivity contribution in [2.75, 3.05) is 13.1 Å². The number of nitrogens with zero attached hydrogens (tertiary/aromatic N) is 4. The van der Waals surface area contributed by atoms with Gasteiger partial charge in [-0.2, -0.15) is 5.10 Å². The number of benzene rings is 1. The van der Waals surface area contributed by atoms with Crippen LogP contribution in [-0.4, -0.2) is 55.9 Å². The van der Waals surface area contributed by atoms with Crippen molar-refractivity contribution in [3.05, 3.63) is 53.6 Å². The van der Waals surface area contributed by atoms with E-state index < -0.39 is 5.82 Å². The Labute approximate surface area is 159 Å². The van der Waals surface area contributed by atoms with Crippen molar-refractivity contribution >= 4 is 23.8 Å². The summed E-state index contributed by atoms with van der Waals surface area (Å²) >= 11 is 0. The number of carbonyl (C=O) groups is 3. The molecular formula is C19H17FN4O4. The average Bonchev–Trinajstić information content (AvgIpc) is 3.00. The highest BCUT2D eigenvalue weighted by molar-refractivity contribution is 6.01. The fourth-order valence-electron chi connectivity index (χ4n) is 2.87. The lowest BCUT2D eigenvalue weighted by Crippen LogP contribution is -2.42. The van der Waals surface area contributed by atoms with Gasteiger partial charge in [-0.25, -0.2) is 13.9 Å². The van der Waals surface area contributed by atoms with E-state index in [1.807, 2.05) is 0 Å². The zero-order valence-electron chi connectivity index (χ0n) is 15.0. The van der Waals surface area contributed by atoms with Crippen LogP contribution in [0, 0.1) is 5.82 Å². The Kier molecular flexibility index (Phi) is 5.44. The molecular weight excluding hydrogens is 367 g/mol. The second kappa shape index (κ2) is 7.95. The molecule has 4 rings (SSSR count). The van der Waals surface area contributed by atoms with Crippen LogP contribution in [0.25, 0.3) is 16.9 Å². The maximum Gasteiger partial charge on any atom is 0.290 e. The van der Waals surface area contributed by atoms with E-state index in [1.54, 1.807) is 23.2 Å². The van der Waals surface area contributed by atoms with E-state index in [0.29, 0.717) is 24.3 Å². The maximum absolute atomic E-state index is 14.6. The largest absolute Gasteiger partial charge is 0.483 e. The number of aromatic nitrogens is 3. The van der Waals surface area contributed by atoms with Crippen LogP contribution in [0.3, 0.4) is 0 Å². The maximum atomic E-state index is 14.6. The molecule has 0 unspecified atom stereocenters. The van der Waals surface area contributed by atoms with Gasteiger partial charge in [-0.1, -0.05) is 0 Å². The Bertz CT molecular complexity index is 1060. The summed E-state index contributed by atoms with van der Waals surface area (Å²) in [6, 6.07) is 7.51. The van der Waals surface area contributed by atoms with E-state index in [-0.39, 0.29) is 35.1 Å². The van der Waals surface area contributed by atoms with Crippen molar-refractivity contribution in [3.8, 4) is 11.3 Å². The molecule has 1 N–H and O–H groups in total. The molecule has 0 radical (unpaired) electrons. The van der Waals surface area contributed by atoms with Crippen molar-refractivity contribution in [1.29, 1.82) is 0 Å². The summed E-state index contributed by atoms with van der Waals surface area (Å²) in [5.41, 5.74) is 1.38. The summed E-state index contributed by atoms with van der Waals surface area (Å²) in [6.45, 7) is 2.49. The number of halogens is 1. The third kappa shape index (κ3) is 3.46. The summed E-state index contributed by atoms with van der Waals surface area (Å²) in [5, 5.41) is 11.1.